The smallest absolute Gasteiger partial charge is 0.129 e. The number of thioether (sulfide) groups is 1. The second-order valence-corrected chi connectivity index (χ2v) is 4.37. The van der Waals surface area contributed by atoms with Crippen molar-refractivity contribution in [1.29, 1.82) is 0 Å². The Hall–Kier alpha value is -0.670. The Kier molecular flexibility index (Phi) is 2.47. The lowest BCUT2D eigenvalue weighted by molar-refractivity contribution is 0.457. The zero-order valence-corrected chi connectivity index (χ0v) is 8.18. The molecule has 0 spiro atoms. The highest BCUT2D eigenvalue weighted by atomic mass is 32.2. The van der Waals surface area contributed by atoms with Crippen molar-refractivity contribution in [2.75, 3.05) is 12.3 Å². The van der Waals surface area contributed by atoms with Crippen LogP contribution in [0.25, 0.3) is 0 Å². The van der Waals surface area contributed by atoms with E-state index in [9.17, 15) is 5.11 Å². The molecule has 0 saturated carbocycles. The molecule has 70 valence electrons. The summed E-state index contributed by atoms with van der Waals surface area (Å²) < 4.78 is 0. The largest absolute Gasteiger partial charge is 0.507 e. The Morgan fingerprint density at radius 1 is 1.54 bits per heavy atom. The molecule has 1 unspecified atom stereocenters. The summed E-state index contributed by atoms with van der Waals surface area (Å²) in [6.45, 7) is 0.678. The molecule has 0 amide bonds. The predicted molar refractivity (Wildman–Crippen MR) is 55.2 cm³/mol. The van der Waals surface area contributed by atoms with Gasteiger partial charge >= 0.3 is 0 Å². The summed E-state index contributed by atoms with van der Waals surface area (Å²) in [4.78, 5) is 1.03. The zero-order chi connectivity index (χ0) is 9.26. The molecule has 2 nitrogen and oxygen atoms in total. The Balaban J connectivity index is 2.45. The van der Waals surface area contributed by atoms with Gasteiger partial charge in [0, 0.05) is 0 Å². The summed E-state index contributed by atoms with van der Waals surface area (Å²) in [7, 11) is 0. The van der Waals surface area contributed by atoms with E-state index in [0.717, 1.165) is 17.1 Å². The second-order valence-electron chi connectivity index (χ2n) is 3.27. The third-order valence-electron chi connectivity index (χ3n) is 2.46. The van der Waals surface area contributed by atoms with E-state index in [-0.39, 0.29) is 0 Å². The Bertz CT molecular complexity index is 314. The van der Waals surface area contributed by atoms with E-state index < -0.39 is 0 Å². The van der Waals surface area contributed by atoms with Crippen LogP contribution < -0.4 is 5.73 Å². The van der Waals surface area contributed by atoms with E-state index in [0.29, 0.717) is 18.2 Å². The molecule has 0 aromatic heterocycles. The van der Waals surface area contributed by atoms with Crippen LogP contribution in [0, 0.1) is 0 Å². The summed E-state index contributed by atoms with van der Waals surface area (Å²) >= 11 is 1.73. The lowest BCUT2D eigenvalue weighted by atomic mass is 9.96. The van der Waals surface area contributed by atoms with Gasteiger partial charge in [0.15, 0.2) is 0 Å². The van der Waals surface area contributed by atoms with Gasteiger partial charge in [0.2, 0.25) is 0 Å². The maximum atomic E-state index is 9.61. The van der Waals surface area contributed by atoms with E-state index >= 15 is 0 Å². The van der Waals surface area contributed by atoms with Crippen molar-refractivity contribution in [2.45, 2.75) is 17.2 Å². The number of rotatable bonds is 1. The van der Waals surface area contributed by atoms with Crippen LogP contribution in [0.15, 0.2) is 23.1 Å². The molecule has 0 bridgehead atoms. The number of phenolic OH excluding ortho intramolecular Hbond substituents is 1. The first-order valence-corrected chi connectivity index (χ1v) is 5.46. The van der Waals surface area contributed by atoms with E-state index in [1.165, 1.54) is 5.56 Å². The molecule has 1 atom stereocenters. The van der Waals surface area contributed by atoms with Gasteiger partial charge in [0.05, 0.1) is 4.90 Å². The monoisotopic (exact) mass is 195 g/mol. The van der Waals surface area contributed by atoms with Crippen molar-refractivity contribution in [2.24, 2.45) is 5.73 Å². The third kappa shape index (κ3) is 1.54. The standard InChI is InChI=1S/C10H13NOS/c11-6-7-4-5-13-10-8(7)2-1-3-9(10)12/h1-3,7,12H,4-6,11H2. The quantitative estimate of drug-likeness (QED) is 0.719. The number of aromatic hydroxyl groups is 1. The first kappa shape index (κ1) is 8.91. The molecule has 1 aromatic carbocycles. The maximum absolute atomic E-state index is 9.61. The van der Waals surface area contributed by atoms with Gasteiger partial charge in [0.1, 0.15) is 5.75 Å². The van der Waals surface area contributed by atoms with Crippen molar-refractivity contribution < 1.29 is 5.11 Å². The van der Waals surface area contributed by atoms with Crippen molar-refractivity contribution in [1.82, 2.24) is 0 Å². The van der Waals surface area contributed by atoms with Gasteiger partial charge < -0.3 is 10.8 Å². The van der Waals surface area contributed by atoms with Crippen LogP contribution in [-0.2, 0) is 0 Å². The molecule has 3 N–H and O–H groups in total. The highest BCUT2D eigenvalue weighted by Gasteiger charge is 2.21. The van der Waals surface area contributed by atoms with Crippen LogP contribution in [-0.4, -0.2) is 17.4 Å². The van der Waals surface area contributed by atoms with Gasteiger partial charge in [-0.3, -0.25) is 0 Å². The Morgan fingerprint density at radius 2 is 2.38 bits per heavy atom. The van der Waals surface area contributed by atoms with Crippen LogP contribution in [0.2, 0.25) is 0 Å². The number of benzene rings is 1. The summed E-state index contributed by atoms with van der Waals surface area (Å²) in [6, 6.07) is 5.70. The number of hydrogen-bond donors (Lipinski definition) is 2. The zero-order valence-electron chi connectivity index (χ0n) is 7.36. The summed E-state index contributed by atoms with van der Waals surface area (Å²) in [5.41, 5.74) is 6.90. The molecule has 1 aliphatic rings. The van der Waals surface area contributed by atoms with Crippen molar-refractivity contribution >= 4 is 11.8 Å². The summed E-state index contributed by atoms with van der Waals surface area (Å²) in [6.07, 6.45) is 1.12. The highest BCUT2D eigenvalue weighted by molar-refractivity contribution is 7.99. The SMILES string of the molecule is NCC1CCSc2c(O)cccc21. The van der Waals surface area contributed by atoms with E-state index in [1.807, 2.05) is 6.07 Å². The lowest BCUT2D eigenvalue weighted by Crippen LogP contribution is -2.16. The number of nitrogens with two attached hydrogens (primary N) is 1. The Morgan fingerprint density at radius 3 is 3.15 bits per heavy atom. The van der Waals surface area contributed by atoms with Crippen LogP contribution in [0.3, 0.4) is 0 Å². The van der Waals surface area contributed by atoms with Gasteiger partial charge in [0.25, 0.3) is 0 Å². The van der Waals surface area contributed by atoms with Crippen molar-refractivity contribution in [3.05, 3.63) is 23.8 Å². The molecule has 0 radical (unpaired) electrons. The van der Waals surface area contributed by atoms with Gasteiger partial charge in [-0.1, -0.05) is 12.1 Å². The highest BCUT2D eigenvalue weighted by Crippen LogP contribution is 2.41. The summed E-state index contributed by atoms with van der Waals surface area (Å²) in [5.74, 6) is 1.90. The van der Waals surface area contributed by atoms with E-state index in [1.54, 1.807) is 17.8 Å². The fraction of sp³-hybridized carbons (Fsp3) is 0.400. The summed E-state index contributed by atoms with van der Waals surface area (Å²) in [5, 5.41) is 9.61. The molecule has 0 saturated heterocycles. The second kappa shape index (κ2) is 3.60. The van der Waals surface area contributed by atoms with Crippen LogP contribution in [0.4, 0.5) is 0 Å². The van der Waals surface area contributed by atoms with Crippen molar-refractivity contribution in [3.63, 3.8) is 0 Å². The molecule has 0 fully saturated rings. The molecule has 13 heavy (non-hydrogen) atoms. The average Bonchev–Trinajstić information content (AvgIpc) is 2.18. The minimum Gasteiger partial charge on any atom is -0.507 e. The molecule has 2 rings (SSSR count). The van der Waals surface area contributed by atoms with Crippen LogP contribution in [0.5, 0.6) is 5.75 Å². The van der Waals surface area contributed by atoms with Gasteiger partial charge in [-0.05, 0) is 36.3 Å². The van der Waals surface area contributed by atoms with Gasteiger partial charge in [-0.2, -0.15) is 0 Å². The molecular formula is C10H13NOS. The van der Waals surface area contributed by atoms with Crippen LogP contribution in [0.1, 0.15) is 17.9 Å². The number of fused-ring (bicyclic) bond motifs is 1. The number of hydrogen-bond acceptors (Lipinski definition) is 3. The van der Waals surface area contributed by atoms with Crippen molar-refractivity contribution in [3.8, 4) is 5.75 Å². The van der Waals surface area contributed by atoms with Crippen LogP contribution >= 0.6 is 11.8 Å². The van der Waals surface area contributed by atoms with E-state index in [2.05, 4.69) is 6.07 Å². The first-order chi connectivity index (χ1) is 6.33. The fourth-order valence-electron chi connectivity index (χ4n) is 1.72. The van der Waals surface area contributed by atoms with Gasteiger partial charge in [-0.25, -0.2) is 0 Å². The molecule has 1 aromatic rings. The Labute approximate surface area is 82.1 Å². The molecule has 1 aliphatic heterocycles. The van der Waals surface area contributed by atoms with Gasteiger partial charge in [-0.15, -0.1) is 11.8 Å². The minimum absolute atomic E-state index is 0.403. The lowest BCUT2D eigenvalue weighted by Gasteiger charge is -2.24. The number of phenols is 1. The fourth-order valence-corrected chi connectivity index (χ4v) is 2.95. The normalized spacial score (nSPS) is 21.2. The maximum Gasteiger partial charge on any atom is 0.129 e. The predicted octanol–water partition coefficient (Wildman–Crippen LogP) is 1.93. The first-order valence-electron chi connectivity index (χ1n) is 4.47. The topological polar surface area (TPSA) is 46.2 Å². The molecular weight excluding hydrogens is 182 g/mol. The molecule has 1 heterocycles. The van der Waals surface area contributed by atoms with E-state index in [4.69, 9.17) is 5.73 Å². The molecule has 3 heteroatoms. The average molecular weight is 195 g/mol. The molecule has 0 aliphatic carbocycles. The third-order valence-corrected chi connectivity index (χ3v) is 3.64. The minimum atomic E-state index is 0.403.